The van der Waals surface area contributed by atoms with Crippen LogP contribution in [0.1, 0.15) is 31.2 Å². The van der Waals surface area contributed by atoms with Crippen molar-refractivity contribution >= 4 is 40.8 Å². The molecule has 2 fully saturated rings. The number of halogens is 1. The van der Waals surface area contributed by atoms with Gasteiger partial charge in [0.05, 0.1) is 0 Å². The van der Waals surface area contributed by atoms with Crippen molar-refractivity contribution in [3.8, 4) is 0 Å². The van der Waals surface area contributed by atoms with Crippen LogP contribution >= 0.6 is 24.0 Å². The third-order valence-corrected chi connectivity index (χ3v) is 5.53. The molecule has 2 aliphatic rings. The molecule has 2 saturated carbocycles. The number of hydrogen-bond acceptors (Lipinski definition) is 2. The van der Waals surface area contributed by atoms with Crippen molar-refractivity contribution < 1.29 is 0 Å². The Balaban J connectivity index is 0.00000210. The molecule has 3 N–H and O–H groups in total. The zero-order chi connectivity index (χ0) is 17.8. The molecule has 148 valence electrons. The van der Waals surface area contributed by atoms with Crippen molar-refractivity contribution in [2.45, 2.75) is 38.1 Å². The van der Waals surface area contributed by atoms with Gasteiger partial charge < -0.3 is 15.6 Å². The van der Waals surface area contributed by atoms with E-state index in [2.05, 4.69) is 56.0 Å². The molecule has 1 aromatic heterocycles. The lowest BCUT2D eigenvalue weighted by atomic mass is 10.1. The third kappa shape index (κ3) is 5.85. The lowest BCUT2D eigenvalue weighted by molar-refractivity contribution is 0.256. The molecule has 27 heavy (non-hydrogen) atoms. The number of para-hydroxylation sites is 1. The van der Waals surface area contributed by atoms with Crippen LogP contribution in [0, 0.1) is 5.92 Å². The number of fused-ring (bicyclic) bond motifs is 1. The normalized spacial score (nSPS) is 17.2. The van der Waals surface area contributed by atoms with Crippen LogP contribution in [0.3, 0.4) is 0 Å². The Morgan fingerprint density at radius 1 is 1.15 bits per heavy atom. The molecular weight excluding hydrogens is 449 g/mol. The molecule has 0 amide bonds. The number of H-pyrrole nitrogens is 1. The van der Waals surface area contributed by atoms with E-state index in [0.717, 1.165) is 44.0 Å². The molecule has 0 atom stereocenters. The topological polar surface area (TPSA) is 55.5 Å². The van der Waals surface area contributed by atoms with Gasteiger partial charge in [0.2, 0.25) is 0 Å². The van der Waals surface area contributed by atoms with Gasteiger partial charge in [-0.1, -0.05) is 18.2 Å². The van der Waals surface area contributed by atoms with E-state index in [9.17, 15) is 0 Å². The lowest BCUT2D eigenvalue weighted by Crippen LogP contribution is -2.43. The predicted octanol–water partition coefficient (Wildman–Crippen LogP) is 3.37. The second-order valence-corrected chi connectivity index (χ2v) is 7.70. The first kappa shape index (κ1) is 20.5. The number of rotatable bonds is 9. The van der Waals surface area contributed by atoms with Gasteiger partial charge in [-0.05, 0) is 49.7 Å². The molecule has 1 heterocycles. The molecule has 0 bridgehead atoms. The number of aliphatic imine (C=N–C) groups is 1. The molecular formula is C21H32IN5. The van der Waals surface area contributed by atoms with Gasteiger partial charge in [-0.2, -0.15) is 0 Å². The van der Waals surface area contributed by atoms with Crippen LogP contribution in [0.2, 0.25) is 0 Å². The van der Waals surface area contributed by atoms with Crippen LogP contribution in [0.15, 0.2) is 35.5 Å². The Labute approximate surface area is 179 Å². The summed E-state index contributed by atoms with van der Waals surface area (Å²) in [5.41, 5.74) is 2.56. The minimum atomic E-state index is 0. The van der Waals surface area contributed by atoms with Gasteiger partial charge in [-0.15, -0.1) is 24.0 Å². The molecule has 1 aromatic carbocycles. The molecule has 2 aliphatic carbocycles. The second kappa shape index (κ2) is 9.78. The van der Waals surface area contributed by atoms with Crippen molar-refractivity contribution in [1.82, 2.24) is 20.5 Å². The highest BCUT2D eigenvalue weighted by molar-refractivity contribution is 14.0. The first-order valence-electron chi connectivity index (χ1n) is 10.1. The molecule has 4 rings (SSSR count). The van der Waals surface area contributed by atoms with Gasteiger partial charge in [0, 0.05) is 56.4 Å². The SMILES string of the molecule is CN=C(NCCc1c[nH]c2ccccc12)NCCN(CC1CC1)C1CC1.I. The van der Waals surface area contributed by atoms with Gasteiger partial charge >= 0.3 is 0 Å². The fraction of sp³-hybridized carbons (Fsp3) is 0.571. The van der Waals surface area contributed by atoms with Crippen molar-refractivity contribution in [2.24, 2.45) is 10.9 Å². The Bertz CT molecular complexity index is 748. The monoisotopic (exact) mass is 481 g/mol. The summed E-state index contributed by atoms with van der Waals surface area (Å²) in [4.78, 5) is 10.4. The average molecular weight is 481 g/mol. The van der Waals surface area contributed by atoms with Crippen molar-refractivity contribution in [3.63, 3.8) is 0 Å². The van der Waals surface area contributed by atoms with E-state index < -0.39 is 0 Å². The fourth-order valence-electron chi connectivity index (χ4n) is 3.69. The number of nitrogens with one attached hydrogen (secondary N) is 3. The molecule has 2 aromatic rings. The summed E-state index contributed by atoms with van der Waals surface area (Å²) in [5, 5.41) is 8.25. The van der Waals surface area contributed by atoms with E-state index in [1.165, 1.54) is 48.7 Å². The number of benzene rings is 1. The van der Waals surface area contributed by atoms with E-state index in [0.29, 0.717) is 0 Å². The van der Waals surface area contributed by atoms with Crippen LogP contribution in [-0.2, 0) is 6.42 Å². The second-order valence-electron chi connectivity index (χ2n) is 7.70. The van der Waals surface area contributed by atoms with Crippen LogP contribution in [0.25, 0.3) is 10.9 Å². The number of aromatic amines is 1. The van der Waals surface area contributed by atoms with Gasteiger partial charge in [0.25, 0.3) is 0 Å². The van der Waals surface area contributed by atoms with E-state index in [4.69, 9.17) is 0 Å². The molecule has 0 aliphatic heterocycles. The molecule has 0 spiro atoms. The summed E-state index contributed by atoms with van der Waals surface area (Å²) in [6, 6.07) is 9.33. The average Bonchev–Trinajstić information content (AvgIpc) is 3.58. The predicted molar refractivity (Wildman–Crippen MR) is 124 cm³/mol. The lowest BCUT2D eigenvalue weighted by Gasteiger charge is -2.22. The van der Waals surface area contributed by atoms with Gasteiger partial charge in [-0.25, -0.2) is 0 Å². The van der Waals surface area contributed by atoms with Crippen molar-refractivity contribution in [2.75, 3.05) is 33.2 Å². The van der Waals surface area contributed by atoms with E-state index in [1.807, 2.05) is 7.05 Å². The first-order valence-corrected chi connectivity index (χ1v) is 10.1. The molecule has 0 saturated heterocycles. The number of aromatic nitrogens is 1. The number of nitrogens with zero attached hydrogens (tertiary/aromatic N) is 2. The van der Waals surface area contributed by atoms with Crippen molar-refractivity contribution in [1.29, 1.82) is 0 Å². The van der Waals surface area contributed by atoms with Crippen LogP contribution in [0.5, 0.6) is 0 Å². The maximum absolute atomic E-state index is 4.37. The summed E-state index contributed by atoms with van der Waals surface area (Å²) in [5.74, 6) is 1.89. The molecule has 5 nitrogen and oxygen atoms in total. The Kier molecular flexibility index (Phi) is 7.41. The zero-order valence-corrected chi connectivity index (χ0v) is 18.5. The van der Waals surface area contributed by atoms with Crippen molar-refractivity contribution in [3.05, 3.63) is 36.0 Å². The van der Waals surface area contributed by atoms with Crippen LogP contribution in [-0.4, -0.2) is 55.1 Å². The van der Waals surface area contributed by atoms with Gasteiger partial charge in [-0.3, -0.25) is 9.89 Å². The number of hydrogen-bond donors (Lipinski definition) is 3. The highest BCUT2D eigenvalue weighted by Gasteiger charge is 2.33. The summed E-state index contributed by atoms with van der Waals surface area (Å²) in [6.45, 7) is 4.29. The largest absolute Gasteiger partial charge is 0.361 e. The maximum atomic E-state index is 4.37. The van der Waals surface area contributed by atoms with E-state index >= 15 is 0 Å². The standard InChI is InChI=1S/C21H31N5.HI/c1-22-21(24-12-13-26(18-8-9-18)15-16-6-7-16)23-11-10-17-14-25-20-5-3-2-4-19(17)20;/h2-5,14,16,18,25H,6-13,15H2,1H3,(H2,22,23,24);1H. The number of guanidine groups is 1. The highest BCUT2D eigenvalue weighted by atomic mass is 127. The smallest absolute Gasteiger partial charge is 0.191 e. The summed E-state index contributed by atoms with van der Waals surface area (Å²) < 4.78 is 0. The Morgan fingerprint density at radius 3 is 2.67 bits per heavy atom. The Hall–Kier alpha value is -1.28. The van der Waals surface area contributed by atoms with E-state index in [-0.39, 0.29) is 24.0 Å². The fourth-order valence-corrected chi connectivity index (χ4v) is 3.69. The quantitative estimate of drug-likeness (QED) is 0.293. The summed E-state index contributed by atoms with van der Waals surface area (Å²) >= 11 is 0. The molecule has 6 heteroatoms. The Morgan fingerprint density at radius 2 is 1.93 bits per heavy atom. The minimum Gasteiger partial charge on any atom is -0.361 e. The zero-order valence-electron chi connectivity index (χ0n) is 16.2. The highest BCUT2D eigenvalue weighted by Crippen LogP contribution is 2.34. The van der Waals surface area contributed by atoms with E-state index in [1.54, 1.807) is 0 Å². The third-order valence-electron chi connectivity index (χ3n) is 5.53. The summed E-state index contributed by atoms with van der Waals surface area (Å²) in [6.07, 6.45) is 8.77. The maximum Gasteiger partial charge on any atom is 0.191 e. The van der Waals surface area contributed by atoms with Crippen LogP contribution < -0.4 is 10.6 Å². The molecule has 0 unspecified atom stereocenters. The first-order chi connectivity index (χ1) is 12.8. The summed E-state index contributed by atoms with van der Waals surface area (Å²) in [7, 11) is 1.85. The van der Waals surface area contributed by atoms with Gasteiger partial charge in [0.15, 0.2) is 5.96 Å². The van der Waals surface area contributed by atoms with Gasteiger partial charge in [0.1, 0.15) is 0 Å². The molecule has 0 radical (unpaired) electrons. The minimum absolute atomic E-state index is 0. The van der Waals surface area contributed by atoms with Crippen LogP contribution in [0.4, 0.5) is 0 Å².